The van der Waals surface area contributed by atoms with Gasteiger partial charge in [0.25, 0.3) is 0 Å². The van der Waals surface area contributed by atoms with Crippen molar-refractivity contribution in [3.63, 3.8) is 0 Å². The van der Waals surface area contributed by atoms with Crippen LogP contribution in [0.2, 0.25) is 0 Å². The van der Waals surface area contributed by atoms with Crippen molar-refractivity contribution < 1.29 is 14.3 Å². The Morgan fingerprint density at radius 1 is 1.56 bits per heavy atom. The molecule has 1 rings (SSSR count). The Kier molecular flexibility index (Phi) is 7.91. The molecular weight excluding hydrogens is 234 g/mol. The molecule has 18 heavy (non-hydrogen) atoms. The molecule has 1 atom stereocenters. The number of nitrogens with one attached hydrogen (secondary N) is 2. The fourth-order valence-corrected chi connectivity index (χ4v) is 1.89. The Morgan fingerprint density at radius 2 is 2.39 bits per heavy atom. The van der Waals surface area contributed by atoms with Crippen LogP contribution in [0.5, 0.6) is 0 Å². The molecule has 6 heteroatoms. The second-order valence-electron chi connectivity index (χ2n) is 4.36. The van der Waals surface area contributed by atoms with E-state index in [-0.39, 0.29) is 12.0 Å². The number of likely N-dealkylation sites (N-methyl/N-ethyl adjacent to an activating group) is 1. The second kappa shape index (κ2) is 9.27. The Balaban J connectivity index is 2.04. The summed E-state index contributed by atoms with van der Waals surface area (Å²) in [6.45, 7) is 8.07. The smallest absolute Gasteiger partial charge is 0.234 e. The Hall–Kier alpha value is -0.690. The summed E-state index contributed by atoms with van der Waals surface area (Å²) in [4.78, 5) is 13.8. The number of methoxy groups -OCH3 is 1. The monoisotopic (exact) mass is 259 g/mol. The molecule has 0 saturated carbocycles. The molecule has 1 fully saturated rings. The maximum atomic E-state index is 11.4. The Bertz CT molecular complexity index is 239. The van der Waals surface area contributed by atoms with Crippen LogP contribution in [-0.2, 0) is 14.3 Å². The highest BCUT2D eigenvalue weighted by Crippen LogP contribution is 2.03. The predicted molar refractivity (Wildman–Crippen MR) is 69.6 cm³/mol. The molecule has 1 amide bonds. The number of nitrogens with zero attached hydrogens (tertiary/aromatic N) is 1. The van der Waals surface area contributed by atoms with Crippen LogP contribution in [0.4, 0.5) is 0 Å². The molecule has 1 aliphatic heterocycles. The van der Waals surface area contributed by atoms with E-state index in [4.69, 9.17) is 9.47 Å². The number of carbonyl (C=O) groups excluding carboxylic acids is 1. The van der Waals surface area contributed by atoms with Gasteiger partial charge in [0.15, 0.2) is 0 Å². The van der Waals surface area contributed by atoms with Crippen LogP contribution >= 0.6 is 0 Å². The summed E-state index contributed by atoms with van der Waals surface area (Å²) < 4.78 is 10.5. The molecule has 1 saturated heterocycles. The van der Waals surface area contributed by atoms with Gasteiger partial charge in [-0.3, -0.25) is 9.69 Å². The number of ether oxygens (including phenoxy) is 2. The number of morpholine rings is 1. The number of rotatable bonds is 8. The largest absolute Gasteiger partial charge is 0.383 e. The maximum absolute atomic E-state index is 11.4. The molecule has 0 bridgehead atoms. The van der Waals surface area contributed by atoms with Crippen LogP contribution < -0.4 is 10.6 Å². The van der Waals surface area contributed by atoms with Gasteiger partial charge in [0.05, 0.1) is 25.9 Å². The van der Waals surface area contributed by atoms with Crippen molar-refractivity contribution in [1.29, 1.82) is 0 Å². The third-order valence-electron chi connectivity index (χ3n) is 2.96. The van der Waals surface area contributed by atoms with E-state index in [2.05, 4.69) is 22.5 Å². The van der Waals surface area contributed by atoms with Gasteiger partial charge in [-0.05, 0) is 6.54 Å². The lowest BCUT2D eigenvalue weighted by molar-refractivity contribution is -0.120. The quantitative estimate of drug-likeness (QED) is 0.551. The summed E-state index contributed by atoms with van der Waals surface area (Å²) in [6, 6.07) is 0. The van der Waals surface area contributed by atoms with Crippen LogP contribution in [0.15, 0.2) is 0 Å². The summed E-state index contributed by atoms with van der Waals surface area (Å²) in [5.41, 5.74) is 0. The Labute approximate surface area is 109 Å². The zero-order valence-corrected chi connectivity index (χ0v) is 11.4. The number of carbonyl (C=O) groups is 1. The van der Waals surface area contributed by atoms with Gasteiger partial charge in [-0.25, -0.2) is 0 Å². The highest BCUT2D eigenvalue weighted by molar-refractivity contribution is 5.77. The van der Waals surface area contributed by atoms with E-state index in [0.717, 1.165) is 26.2 Å². The van der Waals surface area contributed by atoms with Crippen molar-refractivity contribution in [2.45, 2.75) is 13.0 Å². The van der Waals surface area contributed by atoms with Crippen LogP contribution in [0.1, 0.15) is 6.92 Å². The molecule has 0 spiro atoms. The minimum atomic E-state index is -0.00444. The highest BCUT2D eigenvalue weighted by Gasteiger charge is 2.18. The van der Waals surface area contributed by atoms with Crippen LogP contribution in [0.3, 0.4) is 0 Å². The van der Waals surface area contributed by atoms with Gasteiger partial charge in [-0.15, -0.1) is 0 Å². The fraction of sp³-hybridized carbons (Fsp3) is 0.917. The van der Waals surface area contributed by atoms with E-state index < -0.39 is 0 Å². The molecule has 6 nitrogen and oxygen atoms in total. The number of hydrogen-bond acceptors (Lipinski definition) is 5. The van der Waals surface area contributed by atoms with Gasteiger partial charge < -0.3 is 20.1 Å². The topological polar surface area (TPSA) is 62.8 Å². The minimum Gasteiger partial charge on any atom is -0.383 e. The van der Waals surface area contributed by atoms with Gasteiger partial charge in [-0.1, -0.05) is 6.92 Å². The zero-order valence-electron chi connectivity index (χ0n) is 11.4. The average molecular weight is 259 g/mol. The van der Waals surface area contributed by atoms with Crippen LogP contribution in [0.25, 0.3) is 0 Å². The zero-order chi connectivity index (χ0) is 13.2. The average Bonchev–Trinajstić information content (AvgIpc) is 2.39. The molecule has 0 aromatic heterocycles. The normalized spacial score (nSPS) is 20.9. The van der Waals surface area contributed by atoms with E-state index in [9.17, 15) is 4.79 Å². The maximum Gasteiger partial charge on any atom is 0.234 e. The van der Waals surface area contributed by atoms with Crippen molar-refractivity contribution >= 4 is 5.91 Å². The third kappa shape index (κ3) is 6.30. The summed E-state index contributed by atoms with van der Waals surface area (Å²) in [7, 11) is 1.62. The summed E-state index contributed by atoms with van der Waals surface area (Å²) >= 11 is 0. The summed E-state index contributed by atoms with van der Waals surface area (Å²) in [5, 5.41) is 5.89. The fourth-order valence-electron chi connectivity index (χ4n) is 1.89. The van der Waals surface area contributed by atoms with Crippen LogP contribution in [-0.4, -0.2) is 76.5 Å². The van der Waals surface area contributed by atoms with Gasteiger partial charge in [0, 0.05) is 33.3 Å². The highest BCUT2D eigenvalue weighted by atomic mass is 16.5. The van der Waals surface area contributed by atoms with Crippen molar-refractivity contribution in [1.82, 2.24) is 15.5 Å². The van der Waals surface area contributed by atoms with Crippen LogP contribution in [0, 0.1) is 0 Å². The van der Waals surface area contributed by atoms with E-state index >= 15 is 0 Å². The first kappa shape index (κ1) is 15.4. The lowest BCUT2D eigenvalue weighted by Gasteiger charge is -2.32. The lowest BCUT2D eigenvalue weighted by atomic mass is 10.2. The molecule has 106 valence electrons. The summed E-state index contributed by atoms with van der Waals surface area (Å²) in [5.74, 6) is -0.00444. The molecule has 1 aliphatic rings. The van der Waals surface area contributed by atoms with E-state index in [1.54, 1.807) is 7.11 Å². The molecule has 0 aromatic carbocycles. The summed E-state index contributed by atoms with van der Waals surface area (Å²) in [6.07, 6.45) is 0.186. The molecule has 1 heterocycles. The second-order valence-corrected chi connectivity index (χ2v) is 4.36. The molecule has 2 N–H and O–H groups in total. The lowest BCUT2D eigenvalue weighted by Crippen LogP contribution is -2.47. The van der Waals surface area contributed by atoms with Crippen molar-refractivity contribution in [3.05, 3.63) is 0 Å². The number of amides is 1. The van der Waals surface area contributed by atoms with Gasteiger partial charge in [-0.2, -0.15) is 0 Å². The minimum absolute atomic E-state index is 0.00444. The van der Waals surface area contributed by atoms with E-state index in [0.29, 0.717) is 26.2 Å². The standard InChI is InChI=1S/C12H25N3O3/c1-3-15-5-7-18-11(10-15)8-13-9-12(16)14-4-6-17-2/h11,13H,3-10H2,1-2H3,(H,14,16). The van der Waals surface area contributed by atoms with E-state index in [1.807, 2.05) is 0 Å². The Morgan fingerprint density at radius 3 is 3.11 bits per heavy atom. The van der Waals surface area contributed by atoms with E-state index in [1.165, 1.54) is 0 Å². The van der Waals surface area contributed by atoms with Crippen molar-refractivity contribution in [2.75, 3.05) is 59.6 Å². The van der Waals surface area contributed by atoms with Crippen molar-refractivity contribution in [3.8, 4) is 0 Å². The first-order valence-electron chi connectivity index (χ1n) is 6.56. The molecule has 0 radical (unpaired) electrons. The third-order valence-corrected chi connectivity index (χ3v) is 2.96. The molecule has 1 unspecified atom stereocenters. The number of hydrogen-bond donors (Lipinski definition) is 2. The van der Waals surface area contributed by atoms with Crippen molar-refractivity contribution in [2.24, 2.45) is 0 Å². The molecular formula is C12H25N3O3. The van der Waals surface area contributed by atoms with Gasteiger partial charge in [0.2, 0.25) is 5.91 Å². The first-order valence-corrected chi connectivity index (χ1v) is 6.56. The first-order chi connectivity index (χ1) is 8.76. The SMILES string of the molecule is CCN1CCOC(CNCC(=O)NCCOC)C1. The predicted octanol–water partition coefficient (Wildman–Crippen LogP) is -0.941. The molecule has 0 aromatic rings. The molecule has 0 aliphatic carbocycles. The van der Waals surface area contributed by atoms with Gasteiger partial charge in [0.1, 0.15) is 0 Å². The van der Waals surface area contributed by atoms with Gasteiger partial charge >= 0.3 is 0 Å².